The van der Waals surface area contributed by atoms with Gasteiger partial charge in [0.1, 0.15) is 10.8 Å². The maximum atomic E-state index is 11.5. The van der Waals surface area contributed by atoms with Gasteiger partial charge in [-0.15, -0.1) is 11.3 Å². The van der Waals surface area contributed by atoms with Crippen LogP contribution in [0.25, 0.3) is 11.1 Å². The Hall–Kier alpha value is -2.41. The molecule has 1 heterocycles. The maximum absolute atomic E-state index is 11.5. The standard InChI is InChI=1S/C21H20ClNO4S/c1-12-10-23-21(28-12)17(9-19(25)26)14-6-15(8-16(22)7-14)20-13(11-24)4-3-5-18(20)27-2/h3-8,10,17,24H,9,11H2,1-2H3,(H,25,26). The van der Waals surface area contributed by atoms with Gasteiger partial charge in [0, 0.05) is 27.6 Å². The highest BCUT2D eigenvalue weighted by molar-refractivity contribution is 7.11. The van der Waals surface area contributed by atoms with Crippen molar-refractivity contribution in [2.24, 2.45) is 0 Å². The Morgan fingerprint density at radius 2 is 2.11 bits per heavy atom. The van der Waals surface area contributed by atoms with Crippen molar-refractivity contribution in [3.05, 3.63) is 68.6 Å². The van der Waals surface area contributed by atoms with E-state index in [1.807, 2.05) is 31.2 Å². The summed E-state index contributed by atoms with van der Waals surface area (Å²) in [5, 5.41) is 20.4. The van der Waals surface area contributed by atoms with Crippen molar-refractivity contribution in [2.75, 3.05) is 7.11 Å². The van der Waals surface area contributed by atoms with E-state index in [2.05, 4.69) is 4.98 Å². The molecule has 0 aliphatic carbocycles. The first-order chi connectivity index (χ1) is 13.4. The number of ether oxygens (including phenoxy) is 1. The summed E-state index contributed by atoms with van der Waals surface area (Å²) in [6.07, 6.45) is 1.65. The number of halogens is 1. The summed E-state index contributed by atoms with van der Waals surface area (Å²) in [5.74, 6) is -0.715. The molecule has 0 aliphatic heterocycles. The number of aliphatic carboxylic acids is 1. The van der Waals surface area contributed by atoms with E-state index in [1.54, 1.807) is 25.4 Å². The fraction of sp³-hybridized carbons (Fsp3) is 0.238. The van der Waals surface area contributed by atoms with E-state index in [9.17, 15) is 15.0 Å². The van der Waals surface area contributed by atoms with Crippen LogP contribution in [0, 0.1) is 6.92 Å². The molecule has 1 atom stereocenters. The number of benzene rings is 2. The van der Waals surface area contributed by atoms with Gasteiger partial charge in [-0.3, -0.25) is 4.79 Å². The number of aliphatic hydroxyl groups is 1. The van der Waals surface area contributed by atoms with Crippen molar-refractivity contribution in [1.82, 2.24) is 4.98 Å². The van der Waals surface area contributed by atoms with Crippen LogP contribution in [0.1, 0.15) is 33.4 Å². The first-order valence-electron chi connectivity index (χ1n) is 8.64. The summed E-state index contributed by atoms with van der Waals surface area (Å²) >= 11 is 7.87. The number of methoxy groups -OCH3 is 1. The molecule has 3 aromatic rings. The molecule has 2 N–H and O–H groups in total. The first kappa shape index (κ1) is 20.3. The van der Waals surface area contributed by atoms with Gasteiger partial charge in [-0.2, -0.15) is 0 Å². The van der Waals surface area contributed by atoms with Gasteiger partial charge in [-0.25, -0.2) is 4.98 Å². The van der Waals surface area contributed by atoms with Gasteiger partial charge in [0.05, 0.1) is 20.1 Å². The Balaban J connectivity index is 2.17. The molecule has 7 heteroatoms. The summed E-state index contributed by atoms with van der Waals surface area (Å²) in [6.45, 7) is 1.78. The fourth-order valence-corrected chi connectivity index (χ4v) is 4.37. The lowest BCUT2D eigenvalue weighted by atomic mass is 9.91. The molecule has 0 radical (unpaired) electrons. The van der Waals surface area contributed by atoms with Crippen LogP contribution in [-0.2, 0) is 11.4 Å². The monoisotopic (exact) mass is 417 g/mol. The lowest BCUT2D eigenvalue weighted by Gasteiger charge is -2.17. The summed E-state index contributed by atoms with van der Waals surface area (Å²) in [4.78, 5) is 16.9. The van der Waals surface area contributed by atoms with E-state index in [0.717, 1.165) is 26.6 Å². The van der Waals surface area contributed by atoms with Crippen LogP contribution in [0.4, 0.5) is 0 Å². The Kier molecular flexibility index (Phi) is 6.34. The van der Waals surface area contributed by atoms with E-state index < -0.39 is 11.9 Å². The number of aromatic nitrogens is 1. The number of aryl methyl sites for hydroxylation is 1. The van der Waals surface area contributed by atoms with Crippen molar-refractivity contribution in [3.8, 4) is 16.9 Å². The quantitative estimate of drug-likeness (QED) is 0.572. The number of carboxylic acids is 1. The van der Waals surface area contributed by atoms with Crippen LogP contribution in [0.5, 0.6) is 5.75 Å². The lowest BCUT2D eigenvalue weighted by molar-refractivity contribution is -0.137. The second kappa shape index (κ2) is 8.73. The van der Waals surface area contributed by atoms with E-state index in [1.165, 1.54) is 11.3 Å². The molecule has 28 heavy (non-hydrogen) atoms. The Morgan fingerprint density at radius 3 is 2.71 bits per heavy atom. The summed E-state index contributed by atoms with van der Waals surface area (Å²) in [5.41, 5.74) is 2.95. The minimum absolute atomic E-state index is 0.0917. The predicted molar refractivity (Wildman–Crippen MR) is 110 cm³/mol. The van der Waals surface area contributed by atoms with Crippen LogP contribution in [0.2, 0.25) is 5.02 Å². The number of hydrogen-bond acceptors (Lipinski definition) is 5. The number of carbonyl (C=O) groups is 1. The second-order valence-corrected chi connectivity index (χ2v) is 8.09. The largest absolute Gasteiger partial charge is 0.496 e. The molecule has 0 amide bonds. The van der Waals surface area contributed by atoms with Crippen LogP contribution < -0.4 is 4.74 Å². The van der Waals surface area contributed by atoms with Crippen molar-refractivity contribution in [2.45, 2.75) is 25.9 Å². The molecule has 0 spiro atoms. The van der Waals surface area contributed by atoms with E-state index in [4.69, 9.17) is 16.3 Å². The van der Waals surface area contributed by atoms with Crippen LogP contribution >= 0.6 is 22.9 Å². The zero-order valence-corrected chi connectivity index (χ0v) is 17.0. The van der Waals surface area contributed by atoms with Crippen molar-refractivity contribution >= 4 is 28.9 Å². The number of rotatable bonds is 7. The molecule has 146 valence electrons. The fourth-order valence-electron chi connectivity index (χ4n) is 3.22. The number of carboxylic acid groups (broad SMARTS) is 1. The van der Waals surface area contributed by atoms with Gasteiger partial charge >= 0.3 is 5.97 Å². The van der Waals surface area contributed by atoms with Crippen LogP contribution in [0.3, 0.4) is 0 Å². The number of nitrogens with zero attached hydrogens (tertiary/aromatic N) is 1. The molecular weight excluding hydrogens is 398 g/mol. The predicted octanol–water partition coefficient (Wildman–Crippen LogP) is 4.88. The molecule has 0 saturated carbocycles. The normalized spacial score (nSPS) is 12.0. The molecule has 3 rings (SSSR count). The molecule has 1 unspecified atom stereocenters. The summed E-state index contributed by atoms with van der Waals surface area (Å²) in [7, 11) is 1.57. The Morgan fingerprint density at radius 1 is 1.32 bits per heavy atom. The summed E-state index contributed by atoms with van der Waals surface area (Å²) < 4.78 is 5.48. The average Bonchev–Trinajstić information content (AvgIpc) is 3.10. The first-order valence-corrected chi connectivity index (χ1v) is 9.84. The van der Waals surface area contributed by atoms with Gasteiger partial charge in [-0.1, -0.05) is 29.8 Å². The highest BCUT2D eigenvalue weighted by Gasteiger charge is 2.23. The third-order valence-corrected chi connectivity index (χ3v) is 5.67. The van der Waals surface area contributed by atoms with Crippen molar-refractivity contribution in [1.29, 1.82) is 0 Å². The number of thiazole rings is 1. The summed E-state index contributed by atoms with van der Waals surface area (Å²) in [6, 6.07) is 10.9. The minimum Gasteiger partial charge on any atom is -0.496 e. The SMILES string of the molecule is COc1cccc(CO)c1-c1cc(Cl)cc(C(CC(=O)O)c2ncc(C)s2)c1. The van der Waals surface area contributed by atoms with Crippen molar-refractivity contribution < 1.29 is 19.7 Å². The highest BCUT2D eigenvalue weighted by atomic mass is 35.5. The molecule has 0 saturated heterocycles. The smallest absolute Gasteiger partial charge is 0.304 e. The van der Waals surface area contributed by atoms with E-state index in [-0.39, 0.29) is 13.0 Å². The van der Waals surface area contributed by atoms with Crippen molar-refractivity contribution in [3.63, 3.8) is 0 Å². The van der Waals surface area contributed by atoms with Gasteiger partial charge in [0.15, 0.2) is 0 Å². The Bertz CT molecular complexity index is 980. The molecule has 1 aromatic heterocycles. The van der Waals surface area contributed by atoms with Gasteiger partial charge in [0.2, 0.25) is 0 Å². The zero-order valence-electron chi connectivity index (χ0n) is 15.5. The second-order valence-electron chi connectivity index (χ2n) is 6.39. The zero-order chi connectivity index (χ0) is 20.3. The molecule has 0 fully saturated rings. The topological polar surface area (TPSA) is 79.7 Å². The number of aliphatic hydroxyl groups excluding tert-OH is 1. The molecule has 0 aliphatic rings. The molecule has 2 aromatic carbocycles. The van der Waals surface area contributed by atoms with E-state index in [0.29, 0.717) is 16.3 Å². The third-order valence-electron chi connectivity index (χ3n) is 4.43. The van der Waals surface area contributed by atoms with Gasteiger partial charge < -0.3 is 14.9 Å². The van der Waals surface area contributed by atoms with Gasteiger partial charge in [-0.05, 0) is 41.8 Å². The van der Waals surface area contributed by atoms with Crippen LogP contribution in [-0.4, -0.2) is 28.3 Å². The molecule has 5 nitrogen and oxygen atoms in total. The average molecular weight is 418 g/mol. The lowest BCUT2D eigenvalue weighted by Crippen LogP contribution is -2.08. The maximum Gasteiger partial charge on any atom is 0.304 e. The van der Waals surface area contributed by atoms with Gasteiger partial charge in [0.25, 0.3) is 0 Å². The minimum atomic E-state index is -0.910. The Labute approximate surface area is 172 Å². The van der Waals surface area contributed by atoms with E-state index >= 15 is 0 Å². The molecule has 0 bridgehead atoms. The number of hydrogen-bond donors (Lipinski definition) is 2. The third kappa shape index (κ3) is 4.35. The molecular formula is C21H20ClNO4S. The highest BCUT2D eigenvalue weighted by Crippen LogP contribution is 2.39. The van der Waals surface area contributed by atoms with Crippen LogP contribution in [0.15, 0.2) is 42.6 Å².